The molecular weight excluding hydrogens is 621 g/mol. The number of hydrogen-bond donors (Lipinski definition) is 1. The zero-order chi connectivity index (χ0) is 30.1. The van der Waals surface area contributed by atoms with Gasteiger partial charge in [0.25, 0.3) is 10.0 Å². The largest absolute Gasteiger partial charge is 0.355 e. The molecule has 2 amide bonds. The van der Waals surface area contributed by atoms with E-state index < -0.39 is 34.3 Å². The number of nitrogens with one attached hydrogen (secondary N) is 1. The first-order valence-electron chi connectivity index (χ1n) is 13.4. The molecule has 4 aromatic carbocycles. The van der Waals surface area contributed by atoms with Crippen LogP contribution in [0.1, 0.15) is 18.1 Å². The molecule has 10 heteroatoms. The van der Waals surface area contributed by atoms with E-state index in [4.69, 9.17) is 0 Å². The number of anilines is 1. The first kappa shape index (κ1) is 30.9. The summed E-state index contributed by atoms with van der Waals surface area (Å²) in [5.74, 6) is -1.50. The average molecular weight is 653 g/mol. The smallest absolute Gasteiger partial charge is 0.264 e. The molecule has 0 aliphatic rings. The van der Waals surface area contributed by atoms with Crippen LogP contribution in [0.15, 0.2) is 119 Å². The quantitative estimate of drug-likeness (QED) is 0.217. The molecule has 218 valence electrons. The van der Waals surface area contributed by atoms with E-state index in [0.29, 0.717) is 6.54 Å². The molecule has 0 aromatic heterocycles. The van der Waals surface area contributed by atoms with E-state index in [1.807, 2.05) is 54.6 Å². The van der Waals surface area contributed by atoms with Crippen molar-refractivity contribution in [3.63, 3.8) is 0 Å². The summed E-state index contributed by atoms with van der Waals surface area (Å²) in [6, 6.07) is 28.5. The molecule has 0 aliphatic heterocycles. The van der Waals surface area contributed by atoms with Gasteiger partial charge in [-0.1, -0.05) is 76.6 Å². The monoisotopic (exact) mass is 651 g/mol. The van der Waals surface area contributed by atoms with Crippen molar-refractivity contribution in [2.24, 2.45) is 0 Å². The number of carbonyl (C=O) groups excluding carboxylic acids is 2. The number of carbonyl (C=O) groups is 2. The molecule has 42 heavy (non-hydrogen) atoms. The van der Waals surface area contributed by atoms with Crippen LogP contribution >= 0.6 is 15.9 Å². The van der Waals surface area contributed by atoms with Gasteiger partial charge >= 0.3 is 0 Å². The molecule has 0 radical (unpaired) electrons. The van der Waals surface area contributed by atoms with Crippen LogP contribution in [0, 0.1) is 5.82 Å². The molecule has 1 atom stereocenters. The van der Waals surface area contributed by atoms with Crippen molar-refractivity contribution >= 4 is 43.5 Å². The standard InChI is InChI=1S/C32H31BrFN3O4S/c1-2-35-32(39)30(21-24-10-5-3-6-11-24)36(22-25-12-9-13-26(33)20-25)31(38)23-37(28-14-7-4-8-15-28)42(40,41)29-18-16-27(34)17-19-29/h3-20,30H,2,21-23H2,1H3,(H,35,39)/t30-/m0/s1. The fourth-order valence-electron chi connectivity index (χ4n) is 4.53. The zero-order valence-corrected chi connectivity index (χ0v) is 25.4. The van der Waals surface area contributed by atoms with Crippen molar-refractivity contribution in [3.8, 4) is 0 Å². The normalized spacial score (nSPS) is 11.9. The predicted molar refractivity (Wildman–Crippen MR) is 165 cm³/mol. The van der Waals surface area contributed by atoms with Gasteiger partial charge in [-0.2, -0.15) is 0 Å². The summed E-state index contributed by atoms with van der Waals surface area (Å²) in [7, 11) is -4.28. The van der Waals surface area contributed by atoms with Crippen LogP contribution < -0.4 is 9.62 Å². The highest BCUT2D eigenvalue weighted by Gasteiger charge is 2.34. The summed E-state index contributed by atoms with van der Waals surface area (Å²) < 4.78 is 43.1. The Morgan fingerprint density at radius 2 is 1.48 bits per heavy atom. The molecule has 0 heterocycles. The second-order valence-electron chi connectivity index (χ2n) is 9.55. The SMILES string of the molecule is CCNC(=O)[C@H](Cc1ccccc1)N(Cc1cccc(Br)c1)C(=O)CN(c1ccccc1)S(=O)(=O)c1ccc(F)cc1. The molecule has 0 fully saturated rings. The van der Waals surface area contributed by atoms with E-state index in [1.54, 1.807) is 37.3 Å². The minimum absolute atomic E-state index is 0.0616. The van der Waals surface area contributed by atoms with E-state index in [0.717, 1.165) is 44.2 Å². The summed E-state index contributed by atoms with van der Waals surface area (Å²) >= 11 is 3.46. The Kier molecular flexibility index (Phi) is 10.5. The molecular formula is C32H31BrFN3O4S. The van der Waals surface area contributed by atoms with Gasteiger partial charge in [-0.05, 0) is 66.6 Å². The van der Waals surface area contributed by atoms with Gasteiger partial charge in [-0.3, -0.25) is 13.9 Å². The molecule has 0 bridgehead atoms. The predicted octanol–water partition coefficient (Wildman–Crippen LogP) is 5.56. The lowest BCUT2D eigenvalue weighted by atomic mass is 10.0. The third-order valence-electron chi connectivity index (χ3n) is 6.59. The van der Waals surface area contributed by atoms with E-state index in [9.17, 15) is 22.4 Å². The van der Waals surface area contributed by atoms with Gasteiger partial charge < -0.3 is 10.2 Å². The van der Waals surface area contributed by atoms with Crippen molar-refractivity contribution in [1.82, 2.24) is 10.2 Å². The fraction of sp³-hybridized carbons (Fsp3) is 0.188. The zero-order valence-electron chi connectivity index (χ0n) is 23.0. The van der Waals surface area contributed by atoms with Crippen LogP contribution in [-0.2, 0) is 32.6 Å². The van der Waals surface area contributed by atoms with Crippen LogP contribution in [-0.4, -0.2) is 44.3 Å². The van der Waals surface area contributed by atoms with Gasteiger partial charge in [0.05, 0.1) is 10.6 Å². The van der Waals surface area contributed by atoms with Gasteiger partial charge in [-0.25, -0.2) is 12.8 Å². The van der Waals surface area contributed by atoms with Gasteiger partial charge in [0, 0.05) is 24.0 Å². The van der Waals surface area contributed by atoms with Crippen molar-refractivity contribution in [3.05, 3.63) is 131 Å². The summed E-state index contributed by atoms with van der Waals surface area (Å²) in [5.41, 5.74) is 1.86. The Morgan fingerprint density at radius 1 is 0.857 bits per heavy atom. The van der Waals surface area contributed by atoms with Gasteiger partial charge in [0.15, 0.2) is 0 Å². The molecule has 0 saturated heterocycles. The lowest BCUT2D eigenvalue weighted by Crippen LogP contribution is -2.53. The van der Waals surface area contributed by atoms with Crippen LogP contribution in [0.4, 0.5) is 10.1 Å². The van der Waals surface area contributed by atoms with Crippen molar-refractivity contribution in [2.75, 3.05) is 17.4 Å². The van der Waals surface area contributed by atoms with E-state index in [1.165, 1.54) is 4.90 Å². The number of nitrogens with zero attached hydrogens (tertiary/aromatic N) is 2. The van der Waals surface area contributed by atoms with Crippen molar-refractivity contribution in [1.29, 1.82) is 0 Å². The molecule has 7 nitrogen and oxygen atoms in total. The lowest BCUT2D eigenvalue weighted by Gasteiger charge is -2.33. The van der Waals surface area contributed by atoms with Crippen LogP contribution in [0.5, 0.6) is 0 Å². The number of amides is 2. The first-order chi connectivity index (χ1) is 20.2. The Labute approximate surface area is 254 Å². The molecule has 1 N–H and O–H groups in total. The number of benzene rings is 4. The van der Waals surface area contributed by atoms with Crippen LogP contribution in [0.25, 0.3) is 0 Å². The summed E-state index contributed by atoms with van der Waals surface area (Å²) in [4.78, 5) is 29.0. The fourth-order valence-corrected chi connectivity index (χ4v) is 6.40. The van der Waals surface area contributed by atoms with Gasteiger partial charge in [0.1, 0.15) is 18.4 Å². The summed E-state index contributed by atoms with van der Waals surface area (Å²) in [6.07, 6.45) is 0.225. The van der Waals surface area contributed by atoms with E-state index >= 15 is 0 Å². The third-order valence-corrected chi connectivity index (χ3v) is 8.87. The topological polar surface area (TPSA) is 86.8 Å². The highest BCUT2D eigenvalue weighted by atomic mass is 79.9. The summed E-state index contributed by atoms with van der Waals surface area (Å²) in [6.45, 7) is 1.64. The van der Waals surface area contributed by atoms with E-state index in [2.05, 4.69) is 21.2 Å². The molecule has 0 unspecified atom stereocenters. The maximum atomic E-state index is 14.3. The van der Waals surface area contributed by atoms with Crippen molar-refractivity contribution < 1.29 is 22.4 Å². The van der Waals surface area contributed by atoms with Crippen molar-refractivity contribution in [2.45, 2.75) is 30.8 Å². The second kappa shape index (κ2) is 14.2. The number of rotatable bonds is 12. The van der Waals surface area contributed by atoms with Gasteiger partial charge in [0.2, 0.25) is 11.8 Å². The minimum Gasteiger partial charge on any atom is -0.355 e. The molecule has 0 aliphatic carbocycles. The molecule has 4 aromatic rings. The van der Waals surface area contributed by atoms with Crippen LogP contribution in [0.3, 0.4) is 0 Å². The van der Waals surface area contributed by atoms with Crippen LogP contribution in [0.2, 0.25) is 0 Å². The molecule has 0 spiro atoms. The maximum absolute atomic E-state index is 14.3. The maximum Gasteiger partial charge on any atom is 0.264 e. The van der Waals surface area contributed by atoms with E-state index in [-0.39, 0.29) is 29.5 Å². The Morgan fingerprint density at radius 3 is 2.10 bits per heavy atom. The Bertz CT molecular complexity index is 1600. The second-order valence-corrected chi connectivity index (χ2v) is 12.3. The highest BCUT2D eigenvalue weighted by Crippen LogP contribution is 2.25. The number of hydrogen-bond acceptors (Lipinski definition) is 4. The first-order valence-corrected chi connectivity index (χ1v) is 15.6. The Balaban J connectivity index is 1.78. The number of para-hydroxylation sites is 1. The molecule has 0 saturated carbocycles. The highest BCUT2D eigenvalue weighted by molar-refractivity contribution is 9.10. The summed E-state index contributed by atoms with van der Waals surface area (Å²) in [5, 5.41) is 2.84. The number of sulfonamides is 1. The minimum atomic E-state index is -4.28. The average Bonchev–Trinajstić information content (AvgIpc) is 2.99. The molecule has 4 rings (SSSR count). The Hall–Kier alpha value is -4.02. The van der Waals surface area contributed by atoms with Gasteiger partial charge in [-0.15, -0.1) is 0 Å². The lowest BCUT2D eigenvalue weighted by molar-refractivity contribution is -0.140. The number of likely N-dealkylation sites (N-methyl/N-ethyl adjacent to an activating group) is 1. The number of halogens is 2. The third kappa shape index (κ3) is 7.83.